The molecule has 5 N–H and O–H groups in total. The molecule has 2 saturated carbocycles. The number of hydrogen-bond donors (Lipinski definition) is 5. The van der Waals surface area contributed by atoms with E-state index in [9.17, 15) is 14.7 Å². The van der Waals surface area contributed by atoms with Gasteiger partial charge in [0, 0.05) is 56.5 Å². The van der Waals surface area contributed by atoms with Crippen molar-refractivity contribution in [3.05, 3.63) is 0 Å². The summed E-state index contributed by atoms with van der Waals surface area (Å²) in [4.78, 5) is 28.6. The average Bonchev–Trinajstić information content (AvgIpc) is 3.38. The Labute approximate surface area is 228 Å². The van der Waals surface area contributed by atoms with Gasteiger partial charge in [0.25, 0.3) is 0 Å². The molecule has 1 spiro atoms. The number of nitrogens with one attached hydrogen (secondary N) is 4. The summed E-state index contributed by atoms with van der Waals surface area (Å²) in [5.74, 6) is 0.824. The molecule has 4 heterocycles. The van der Waals surface area contributed by atoms with Crippen molar-refractivity contribution in [3.63, 3.8) is 0 Å². The molecule has 11 heteroatoms. The van der Waals surface area contributed by atoms with Crippen LogP contribution in [-0.4, -0.2) is 95.7 Å². The molecule has 2 aliphatic carbocycles. The number of piperidine rings is 2. The van der Waals surface area contributed by atoms with Gasteiger partial charge in [0.2, 0.25) is 11.8 Å². The second-order valence-corrected chi connectivity index (χ2v) is 14.5. The Morgan fingerprint density at radius 3 is 2.59 bits per heavy atom. The Hall–Kier alpha value is -0.620. The summed E-state index contributed by atoms with van der Waals surface area (Å²) in [6, 6.07) is 0.565. The predicted octanol–water partition coefficient (Wildman–Crippen LogP) is 0.657. The number of alkyl halides is 1. The third kappa shape index (κ3) is 5.16. The van der Waals surface area contributed by atoms with Gasteiger partial charge in [-0.3, -0.25) is 20.2 Å². The lowest BCUT2D eigenvalue weighted by Crippen LogP contribution is -2.57. The maximum atomic E-state index is 13.6. The number of rotatable bonds is 5. The molecule has 0 aromatic heterocycles. The molecule has 4 aliphatic heterocycles. The van der Waals surface area contributed by atoms with Crippen molar-refractivity contribution in [2.24, 2.45) is 29.1 Å². The average molecular weight is 556 g/mol. The molecule has 9 atom stereocenters. The van der Waals surface area contributed by atoms with Crippen LogP contribution >= 0.6 is 23.4 Å². The van der Waals surface area contributed by atoms with Crippen LogP contribution in [0.15, 0.2) is 0 Å². The quantitative estimate of drug-likeness (QED) is 0.248. The Morgan fingerprint density at radius 2 is 1.89 bits per heavy atom. The van der Waals surface area contributed by atoms with Crippen molar-refractivity contribution >= 4 is 35.2 Å². The summed E-state index contributed by atoms with van der Waals surface area (Å²) in [5, 5.41) is 23.6. The van der Waals surface area contributed by atoms with E-state index in [0.29, 0.717) is 30.9 Å². The van der Waals surface area contributed by atoms with Crippen molar-refractivity contribution in [1.29, 1.82) is 0 Å². The summed E-state index contributed by atoms with van der Waals surface area (Å²) < 4.78 is 5.80. The topological polar surface area (TPSA) is 115 Å². The van der Waals surface area contributed by atoms with Crippen molar-refractivity contribution in [2.45, 2.75) is 86.0 Å². The van der Waals surface area contributed by atoms with Crippen LogP contribution in [0, 0.1) is 29.1 Å². The molecule has 6 fully saturated rings. The highest BCUT2D eigenvalue weighted by Crippen LogP contribution is 2.59. The molecular formula is C26H42ClN5O4S. The molecule has 6 aliphatic rings. The van der Waals surface area contributed by atoms with E-state index < -0.39 is 0 Å². The van der Waals surface area contributed by atoms with E-state index in [-0.39, 0.29) is 70.1 Å². The number of likely N-dealkylation sites (tertiary alicyclic amines) is 1. The summed E-state index contributed by atoms with van der Waals surface area (Å²) >= 11 is 8.22. The van der Waals surface area contributed by atoms with Gasteiger partial charge in [0.15, 0.2) is 0 Å². The van der Waals surface area contributed by atoms with Gasteiger partial charge in [-0.25, -0.2) is 0 Å². The van der Waals surface area contributed by atoms with E-state index in [1.165, 1.54) is 0 Å². The fourth-order valence-electron chi connectivity index (χ4n) is 8.14. The highest BCUT2D eigenvalue weighted by molar-refractivity contribution is 8.00. The molecule has 9 unspecified atom stereocenters. The molecule has 4 saturated heterocycles. The Balaban J connectivity index is 1.01. The molecule has 2 amide bonds. The smallest absolute Gasteiger partial charge is 0.226 e. The lowest BCUT2D eigenvalue weighted by molar-refractivity contribution is -0.156. The van der Waals surface area contributed by atoms with Crippen molar-refractivity contribution in [1.82, 2.24) is 26.2 Å². The monoisotopic (exact) mass is 555 g/mol. The Morgan fingerprint density at radius 1 is 1.11 bits per heavy atom. The van der Waals surface area contributed by atoms with Gasteiger partial charge in [-0.2, -0.15) is 0 Å². The minimum absolute atomic E-state index is 0.0577. The lowest BCUT2D eigenvalue weighted by atomic mass is 9.50. The standard InChI is InChI=1S/C26H42ClN5O4S/c1-13-3-16(17-4-22(27)29-10-20(17)36-2)18(9-28-13)23(34)31-25-30-19-11-32(12-21(19)37-25)24(35)14-5-26(6-14)7-15(33)8-26/h13-22,25,28-30,33H,3-12H2,1-2H3,(H,31,34). The highest BCUT2D eigenvalue weighted by Gasteiger charge is 2.56. The molecule has 6 rings (SSSR count). The van der Waals surface area contributed by atoms with Crippen LogP contribution < -0.4 is 21.3 Å². The van der Waals surface area contributed by atoms with Gasteiger partial charge in [0.05, 0.1) is 23.6 Å². The summed E-state index contributed by atoms with van der Waals surface area (Å²) in [6.07, 6.45) is 5.25. The van der Waals surface area contributed by atoms with Crippen molar-refractivity contribution < 1.29 is 19.4 Å². The SMILES string of the molecule is COC1CNC(Cl)CC1C1CC(C)NCC1C(=O)NC1NC2CN(C(=O)C3CC4(CC(O)C4)C3)CC2S1. The van der Waals surface area contributed by atoms with Crippen LogP contribution in [0.3, 0.4) is 0 Å². The Kier molecular flexibility index (Phi) is 7.48. The van der Waals surface area contributed by atoms with E-state index >= 15 is 0 Å². The summed E-state index contributed by atoms with van der Waals surface area (Å²) in [5.41, 5.74) is 0.0343. The van der Waals surface area contributed by atoms with Gasteiger partial charge in [0.1, 0.15) is 5.50 Å². The summed E-state index contributed by atoms with van der Waals surface area (Å²) in [7, 11) is 1.75. The van der Waals surface area contributed by atoms with Crippen molar-refractivity contribution in [3.8, 4) is 0 Å². The largest absolute Gasteiger partial charge is 0.393 e. The maximum absolute atomic E-state index is 13.6. The Bertz CT molecular complexity index is 871. The number of methoxy groups -OCH3 is 1. The van der Waals surface area contributed by atoms with Crippen LogP contribution in [0.5, 0.6) is 0 Å². The minimum Gasteiger partial charge on any atom is -0.393 e. The van der Waals surface area contributed by atoms with Crippen LogP contribution in [0.25, 0.3) is 0 Å². The van der Waals surface area contributed by atoms with Crippen LogP contribution in [0.4, 0.5) is 0 Å². The zero-order valence-electron chi connectivity index (χ0n) is 21.8. The molecular weight excluding hydrogens is 514 g/mol. The molecule has 0 bridgehead atoms. The first-order valence-electron chi connectivity index (χ1n) is 14.1. The number of thioether (sulfide) groups is 1. The number of aliphatic hydroxyl groups excluding tert-OH is 1. The normalized spacial score (nSPS) is 49.3. The zero-order chi connectivity index (χ0) is 25.9. The number of aliphatic hydroxyl groups is 1. The van der Waals surface area contributed by atoms with Crippen LogP contribution in [0.1, 0.15) is 45.4 Å². The first-order chi connectivity index (χ1) is 17.7. The molecule has 208 valence electrons. The van der Waals surface area contributed by atoms with Gasteiger partial charge in [-0.05, 0) is 62.7 Å². The third-order valence-electron chi connectivity index (χ3n) is 10.1. The second kappa shape index (κ2) is 10.4. The number of ether oxygens (including phenoxy) is 1. The number of amides is 2. The molecule has 37 heavy (non-hydrogen) atoms. The first-order valence-corrected chi connectivity index (χ1v) is 15.4. The molecule has 0 radical (unpaired) electrons. The minimum atomic E-state index is -0.156. The number of hydrogen-bond acceptors (Lipinski definition) is 8. The molecule has 0 aromatic carbocycles. The number of fused-ring (bicyclic) bond motifs is 1. The van der Waals surface area contributed by atoms with Crippen LogP contribution in [-0.2, 0) is 14.3 Å². The number of carbonyl (C=O) groups excluding carboxylic acids is 2. The van der Waals surface area contributed by atoms with E-state index in [4.69, 9.17) is 16.3 Å². The maximum Gasteiger partial charge on any atom is 0.226 e. The van der Waals surface area contributed by atoms with E-state index in [2.05, 4.69) is 28.2 Å². The first kappa shape index (κ1) is 26.6. The highest BCUT2D eigenvalue weighted by atomic mass is 35.5. The van der Waals surface area contributed by atoms with Gasteiger partial charge < -0.3 is 25.4 Å². The number of nitrogens with zero attached hydrogens (tertiary/aromatic N) is 1. The zero-order valence-corrected chi connectivity index (χ0v) is 23.4. The fraction of sp³-hybridized carbons (Fsp3) is 0.923. The van der Waals surface area contributed by atoms with Crippen LogP contribution in [0.2, 0.25) is 0 Å². The van der Waals surface area contributed by atoms with E-state index in [1.807, 2.05) is 4.90 Å². The van der Waals surface area contributed by atoms with Gasteiger partial charge >= 0.3 is 0 Å². The van der Waals surface area contributed by atoms with Gasteiger partial charge in [-0.1, -0.05) is 0 Å². The molecule has 0 aromatic rings. The predicted molar refractivity (Wildman–Crippen MR) is 143 cm³/mol. The van der Waals surface area contributed by atoms with Crippen molar-refractivity contribution in [2.75, 3.05) is 33.3 Å². The third-order valence-corrected chi connectivity index (χ3v) is 11.8. The second-order valence-electron chi connectivity index (χ2n) is 12.6. The van der Waals surface area contributed by atoms with E-state index in [1.54, 1.807) is 18.9 Å². The fourth-order valence-corrected chi connectivity index (χ4v) is 9.84. The van der Waals surface area contributed by atoms with E-state index in [0.717, 1.165) is 45.1 Å². The summed E-state index contributed by atoms with van der Waals surface area (Å²) in [6.45, 7) is 5.01. The lowest BCUT2D eigenvalue weighted by Gasteiger charge is -2.56. The molecule has 9 nitrogen and oxygen atoms in total. The number of carbonyl (C=O) groups is 2. The number of halogens is 1. The van der Waals surface area contributed by atoms with Gasteiger partial charge in [-0.15, -0.1) is 23.4 Å².